The highest BCUT2D eigenvalue weighted by Gasteiger charge is 2.52. The lowest BCUT2D eigenvalue weighted by Crippen LogP contribution is -2.59. The van der Waals surface area contributed by atoms with Crippen LogP contribution in [0.1, 0.15) is 94.4 Å². The van der Waals surface area contributed by atoms with Crippen LogP contribution in [0.4, 0.5) is 0 Å². The van der Waals surface area contributed by atoms with Gasteiger partial charge in [0.15, 0.2) is 12.1 Å². The molecule has 0 unspecified atom stereocenters. The van der Waals surface area contributed by atoms with Gasteiger partial charge in [-0.05, 0) is 52.5 Å². The first-order chi connectivity index (χ1) is 25.8. The first-order valence-corrected chi connectivity index (χ1v) is 19.9. The van der Waals surface area contributed by atoms with Gasteiger partial charge >= 0.3 is 5.97 Å². The monoisotopic (exact) mass is 778 g/mol. The fraction of sp³-hybridized carbons (Fsp3) is 0.744. The standard InChI is InChI=1S/C43H70O12/c1-12-14-35-29(7)38(53-39-21-32(44)20-28(6)52-39)23-43(49,55-35)31(9)40(47)30(8)41-36(50-10)16-13-15-24(2)17-26(4)33(45)22-34(46)27(5)18-25(3)19-37(51-11)42(48)54-41/h12-16,18-19,26-36,38-41,44-47,49H,17,20-23H2,1-11H3/b14-12+,16-13+,24-15+,25-18+,37-19-/t26-,27-,28+,29-,30+,31+,32-,33-,34+,35-,36+,38-,39-,40-,41-,43-/m1/s1. The van der Waals surface area contributed by atoms with E-state index in [2.05, 4.69) is 0 Å². The molecule has 12 heteroatoms. The number of esters is 1. The first kappa shape index (κ1) is 47.0. The molecular weight excluding hydrogens is 708 g/mol. The zero-order valence-electron chi connectivity index (χ0n) is 34.8. The van der Waals surface area contributed by atoms with Gasteiger partial charge in [0.25, 0.3) is 0 Å². The van der Waals surface area contributed by atoms with Crippen molar-refractivity contribution in [3.05, 3.63) is 59.4 Å². The minimum absolute atomic E-state index is 0.0159. The van der Waals surface area contributed by atoms with Crippen molar-refractivity contribution in [1.82, 2.24) is 0 Å². The van der Waals surface area contributed by atoms with Gasteiger partial charge in [-0.1, -0.05) is 82.2 Å². The van der Waals surface area contributed by atoms with E-state index in [4.69, 9.17) is 28.4 Å². The summed E-state index contributed by atoms with van der Waals surface area (Å²) in [4.78, 5) is 13.8. The van der Waals surface area contributed by atoms with Gasteiger partial charge in [-0.3, -0.25) is 0 Å². The molecule has 0 radical (unpaired) electrons. The summed E-state index contributed by atoms with van der Waals surface area (Å²) in [5.74, 6) is -5.11. The molecule has 0 saturated carbocycles. The normalized spacial score (nSPS) is 42.9. The Morgan fingerprint density at radius 3 is 2.33 bits per heavy atom. The van der Waals surface area contributed by atoms with Gasteiger partial charge in [0.1, 0.15) is 12.2 Å². The van der Waals surface area contributed by atoms with Crippen LogP contribution in [0.25, 0.3) is 0 Å². The summed E-state index contributed by atoms with van der Waals surface area (Å²) in [5.41, 5.74) is 1.63. The van der Waals surface area contributed by atoms with Gasteiger partial charge in [0.2, 0.25) is 5.76 Å². The fourth-order valence-electron chi connectivity index (χ4n) is 7.91. The van der Waals surface area contributed by atoms with Crippen LogP contribution in [0.2, 0.25) is 0 Å². The second-order valence-electron chi connectivity index (χ2n) is 16.3. The SMILES string of the molecule is C/C=C/[C@H]1O[C@@](O)([C@@H](C)[C@H](O)[C@H](C)[C@H]2OC(=O)/C(OC)=C/C(C)=C/[C@@H](C)[C@@H](O)C[C@@H](O)[C@H](C)C/C(C)=C/C=C/[C@@H]2OC)C[C@@H](O[C@@H]2C[C@H](O)C[C@H](C)O2)[C@@H]1C. The highest BCUT2D eigenvalue weighted by atomic mass is 16.7. The predicted octanol–water partition coefficient (Wildman–Crippen LogP) is 5.27. The number of methoxy groups -OCH3 is 2. The minimum atomic E-state index is -1.87. The van der Waals surface area contributed by atoms with E-state index in [9.17, 15) is 30.3 Å². The van der Waals surface area contributed by atoms with E-state index in [1.807, 2.05) is 65.8 Å². The summed E-state index contributed by atoms with van der Waals surface area (Å²) in [6.07, 6.45) is 6.85. The Labute approximate surface area is 328 Å². The maximum absolute atomic E-state index is 13.8. The number of hydrogen-bond acceptors (Lipinski definition) is 12. The maximum atomic E-state index is 13.8. The summed E-state index contributed by atoms with van der Waals surface area (Å²) >= 11 is 0. The molecule has 0 aliphatic carbocycles. The number of cyclic esters (lactones) is 1. The molecule has 0 amide bonds. The number of ether oxygens (including phenoxy) is 6. The summed E-state index contributed by atoms with van der Waals surface area (Å²) in [7, 11) is 2.84. The Morgan fingerprint density at radius 1 is 1.02 bits per heavy atom. The molecule has 2 saturated heterocycles. The van der Waals surface area contributed by atoms with Gasteiger partial charge in [-0.15, -0.1) is 0 Å². The van der Waals surface area contributed by atoms with Crippen molar-refractivity contribution >= 4 is 5.97 Å². The van der Waals surface area contributed by atoms with E-state index in [1.54, 1.807) is 32.9 Å². The van der Waals surface area contributed by atoms with Gasteiger partial charge in [-0.25, -0.2) is 4.79 Å². The topological polar surface area (TPSA) is 174 Å². The van der Waals surface area contributed by atoms with Gasteiger partial charge in [0, 0.05) is 50.0 Å². The molecule has 0 bridgehead atoms. The Kier molecular flexibility index (Phi) is 18.3. The molecule has 0 aromatic rings. The molecule has 12 nitrogen and oxygen atoms in total. The number of carbonyl (C=O) groups is 1. The zero-order valence-corrected chi connectivity index (χ0v) is 34.8. The second-order valence-corrected chi connectivity index (χ2v) is 16.3. The van der Waals surface area contributed by atoms with Crippen LogP contribution in [0.15, 0.2) is 59.4 Å². The second kappa shape index (κ2) is 21.4. The molecule has 3 aliphatic rings. The molecule has 3 aliphatic heterocycles. The first-order valence-electron chi connectivity index (χ1n) is 19.9. The summed E-state index contributed by atoms with van der Waals surface area (Å²) in [6, 6.07) is 0. The third-order valence-corrected chi connectivity index (χ3v) is 11.6. The van der Waals surface area contributed by atoms with Gasteiger partial charge in [-0.2, -0.15) is 0 Å². The van der Waals surface area contributed by atoms with Crippen LogP contribution in [0, 0.1) is 29.6 Å². The van der Waals surface area contributed by atoms with Crippen molar-refractivity contribution in [1.29, 1.82) is 0 Å². The van der Waals surface area contributed by atoms with E-state index in [1.165, 1.54) is 20.3 Å². The summed E-state index contributed by atoms with van der Waals surface area (Å²) in [5, 5.41) is 56.5. The largest absolute Gasteiger partial charge is 0.490 e. The Hall–Kier alpha value is -2.39. The zero-order chi connectivity index (χ0) is 41.2. The number of carbonyl (C=O) groups excluding carboxylic acids is 1. The van der Waals surface area contributed by atoms with Crippen molar-refractivity contribution in [3.8, 4) is 0 Å². The van der Waals surface area contributed by atoms with Crippen LogP contribution in [0.3, 0.4) is 0 Å². The van der Waals surface area contributed by atoms with Crippen molar-refractivity contribution in [2.45, 2.75) is 161 Å². The molecule has 16 atom stereocenters. The number of hydrogen-bond donors (Lipinski definition) is 5. The highest BCUT2D eigenvalue weighted by molar-refractivity contribution is 5.87. The quantitative estimate of drug-likeness (QED) is 0.152. The molecule has 0 aromatic carbocycles. The highest BCUT2D eigenvalue weighted by Crippen LogP contribution is 2.42. The van der Waals surface area contributed by atoms with Crippen LogP contribution in [-0.4, -0.2) is 113 Å². The molecular formula is C43H70O12. The van der Waals surface area contributed by atoms with Crippen molar-refractivity contribution in [3.63, 3.8) is 0 Å². The molecule has 0 spiro atoms. The summed E-state index contributed by atoms with van der Waals surface area (Å²) < 4.78 is 36.3. The molecule has 3 heterocycles. The Morgan fingerprint density at radius 2 is 1.71 bits per heavy atom. The molecule has 0 aromatic heterocycles. The Bertz CT molecular complexity index is 1360. The van der Waals surface area contributed by atoms with E-state index >= 15 is 0 Å². The van der Waals surface area contributed by atoms with Crippen LogP contribution in [0.5, 0.6) is 0 Å². The minimum Gasteiger partial charge on any atom is -0.490 e. The molecule has 314 valence electrons. The van der Waals surface area contributed by atoms with Crippen LogP contribution >= 0.6 is 0 Å². The van der Waals surface area contributed by atoms with E-state index in [0.717, 1.165) is 5.57 Å². The van der Waals surface area contributed by atoms with E-state index in [-0.39, 0.29) is 42.5 Å². The van der Waals surface area contributed by atoms with E-state index < -0.39 is 78.7 Å². The Balaban J connectivity index is 2.00. The fourth-order valence-corrected chi connectivity index (χ4v) is 7.91. The van der Waals surface area contributed by atoms with Crippen molar-refractivity contribution in [2.75, 3.05) is 14.2 Å². The number of aliphatic hydroxyl groups is 5. The van der Waals surface area contributed by atoms with Crippen molar-refractivity contribution < 1.29 is 58.7 Å². The lowest BCUT2D eigenvalue weighted by atomic mass is 9.77. The number of aliphatic hydroxyl groups excluding tert-OH is 4. The lowest BCUT2D eigenvalue weighted by Gasteiger charge is -2.49. The average molecular weight is 779 g/mol. The third-order valence-electron chi connectivity index (χ3n) is 11.6. The molecule has 5 N–H and O–H groups in total. The molecule has 2 fully saturated rings. The van der Waals surface area contributed by atoms with E-state index in [0.29, 0.717) is 24.8 Å². The maximum Gasteiger partial charge on any atom is 0.373 e. The van der Waals surface area contributed by atoms with Crippen molar-refractivity contribution in [2.24, 2.45) is 29.6 Å². The lowest BCUT2D eigenvalue weighted by molar-refractivity contribution is -0.335. The van der Waals surface area contributed by atoms with Crippen LogP contribution < -0.4 is 0 Å². The van der Waals surface area contributed by atoms with Gasteiger partial charge < -0.3 is 54.0 Å². The number of rotatable bonds is 9. The molecule has 3 rings (SSSR count). The smallest absolute Gasteiger partial charge is 0.373 e. The molecule has 55 heavy (non-hydrogen) atoms. The summed E-state index contributed by atoms with van der Waals surface area (Å²) in [6.45, 7) is 16.7. The predicted molar refractivity (Wildman–Crippen MR) is 209 cm³/mol. The average Bonchev–Trinajstić information content (AvgIpc) is 3.11. The van der Waals surface area contributed by atoms with Crippen LogP contribution in [-0.2, 0) is 33.2 Å². The third kappa shape index (κ3) is 13.1. The van der Waals surface area contributed by atoms with Gasteiger partial charge in [0.05, 0.1) is 49.8 Å². The number of allylic oxidation sites excluding steroid dienone is 6.